The Kier molecular flexibility index (Phi) is 8.16. The van der Waals surface area contributed by atoms with Crippen molar-refractivity contribution in [3.05, 3.63) is 47.0 Å². The SMILES string of the molecule is Cc1c(Cl)ccc2sc(N(CCCN3CCOCC3)C(=O)C3COc4ccccc4O3)nc12.Cl. The number of para-hydroxylation sites is 2. The third-order valence-electron chi connectivity index (χ3n) is 5.98. The maximum Gasteiger partial charge on any atom is 0.273 e. The third kappa shape index (κ3) is 5.26. The van der Waals surface area contributed by atoms with E-state index in [1.807, 2.05) is 43.3 Å². The van der Waals surface area contributed by atoms with E-state index in [-0.39, 0.29) is 24.9 Å². The Morgan fingerprint density at radius 3 is 2.76 bits per heavy atom. The van der Waals surface area contributed by atoms with E-state index in [0.717, 1.165) is 55.0 Å². The second-order valence-electron chi connectivity index (χ2n) is 8.18. The zero-order valence-electron chi connectivity index (χ0n) is 18.9. The lowest BCUT2D eigenvalue weighted by atomic mass is 10.2. The number of hydrogen-bond donors (Lipinski definition) is 0. The maximum atomic E-state index is 13.6. The van der Waals surface area contributed by atoms with Gasteiger partial charge in [-0.25, -0.2) is 4.98 Å². The van der Waals surface area contributed by atoms with Gasteiger partial charge in [0.25, 0.3) is 5.91 Å². The molecule has 34 heavy (non-hydrogen) atoms. The van der Waals surface area contributed by atoms with Gasteiger partial charge in [0.1, 0.15) is 6.61 Å². The summed E-state index contributed by atoms with van der Waals surface area (Å²) in [7, 11) is 0. The van der Waals surface area contributed by atoms with E-state index in [4.69, 9.17) is 30.8 Å². The highest BCUT2D eigenvalue weighted by Gasteiger charge is 2.33. The number of hydrogen-bond acceptors (Lipinski definition) is 7. The number of carbonyl (C=O) groups is 1. The van der Waals surface area contributed by atoms with Crippen molar-refractivity contribution in [1.29, 1.82) is 0 Å². The van der Waals surface area contributed by atoms with Crippen LogP contribution in [0.1, 0.15) is 12.0 Å². The zero-order valence-corrected chi connectivity index (χ0v) is 21.3. The number of anilines is 1. The molecule has 0 radical (unpaired) electrons. The fourth-order valence-corrected chi connectivity index (χ4v) is 5.31. The number of benzene rings is 2. The summed E-state index contributed by atoms with van der Waals surface area (Å²) in [5.41, 5.74) is 1.75. The second kappa shape index (κ2) is 11.1. The molecule has 1 fully saturated rings. The fourth-order valence-electron chi connectivity index (χ4n) is 4.10. The zero-order chi connectivity index (χ0) is 22.8. The number of rotatable bonds is 6. The van der Waals surface area contributed by atoms with Gasteiger partial charge in [0.05, 0.1) is 23.4 Å². The fraction of sp³-hybridized carbons (Fsp3) is 0.417. The van der Waals surface area contributed by atoms with Gasteiger partial charge in [-0.2, -0.15) is 0 Å². The molecule has 0 N–H and O–H groups in total. The second-order valence-corrected chi connectivity index (χ2v) is 9.59. The molecule has 2 aliphatic rings. The molecule has 0 aliphatic carbocycles. The molecule has 1 atom stereocenters. The molecule has 0 bridgehead atoms. The van der Waals surface area contributed by atoms with Crippen molar-refractivity contribution in [2.75, 3.05) is 50.9 Å². The Morgan fingerprint density at radius 2 is 1.97 bits per heavy atom. The largest absolute Gasteiger partial charge is 0.485 e. The minimum absolute atomic E-state index is 0. The molecular formula is C24H27Cl2N3O4S. The molecule has 2 aromatic carbocycles. The number of aromatic nitrogens is 1. The first-order chi connectivity index (χ1) is 16.1. The Morgan fingerprint density at radius 1 is 1.21 bits per heavy atom. The van der Waals surface area contributed by atoms with Gasteiger partial charge in [-0.05, 0) is 43.2 Å². The van der Waals surface area contributed by atoms with E-state index >= 15 is 0 Å². The van der Waals surface area contributed by atoms with Crippen LogP contribution in [-0.4, -0.2) is 67.9 Å². The number of ether oxygens (including phenoxy) is 3. The molecule has 0 saturated carbocycles. The van der Waals surface area contributed by atoms with Crippen molar-refractivity contribution >= 4 is 56.6 Å². The first-order valence-corrected chi connectivity index (χ1v) is 12.4. The van der Waals surface area contributed by atoms with E-state index in [9.17, 15) is 4.79 Å². The van der Waals surface area contributed by atoms with E-state index < -0.39 is 6.10 Å². The van der Waals surface area contributed by atoms with Crippen molar-refractivity contribution in [1.82, 2.24) is 9.88 Å². The highest BCUT2D eigenvalue weighted by molar-refractivity contribution is 7.22. The quantitative estimate of drug-likeness (QED) is 0.471. The smallest absolute Gasteiger partial charge is 0.273 e. The van der Waals surface area contributed by atoms with Gasteiger partial charge in [-0.15, -0.1) is 12.4 Å². The summed E-state index contributed by atoms with van der Waals surface area (Å²) in [6.07, 6.45) is 0.103. The molecule has 1 aromatic heterocycles. The Bertz CT molecular complexity index is 1150. The maximum absolute atomic E-state index is 13.6. The molecular weight excluding hydrogens is 497 g/mol. The van der Waals surface area contributed by atoms with Crippen LogP contribution in [0.5, 0.6) is 11.5 Å². The number of fused-ring (bicyclic) bond motifs is 2. The summed E-state index contributed by atoms with van der Waals surface area (Å²) in [5.74, 6) is 1.10. The number of thiazole rings is 1. The van der Waals surface area contributed by atoms with Gasteiger partial charge in [0, 0.05) is 31.2 Å². The molecule has 0 spiro atoms. The van der Waals surface area contributed by atoms with Crippen LogP contribution in [0.2, 0.25) is 5.02 Å². The summed E-state index contributed by atoms with van der Waals surface area (Å²) in [4.78, 5) is 22.6. The first-order valence-electron chi connectivity index (χ1n) is 11.2. The monoisotopic (exact) mass is 523 g/mol. The average Bonchev–Trinajstić information content (AvgIpc) is 3.29. The van der Waals surface area contributed by atoms with Gasteiger partial charge in [0.15, 0.2) is 16.6 Å². The summed E-state index contributed by atoms with van der Waals surface area (Å²) in [6.45, 7) is 6.92. The predicted molar refractivity (Wildman–Crippen MR) is 137 cm³/mol. The van der Waals surface area contributed by atoms with Crippen LogP contribution in [0.25, 0.3) is 10.2 Å². The van der Waals surface area contributed by atoms with Gasteiger partial charge in [0.2, 0.25) is 6.10 Å². The van der Waals surface area contributed by atoms with Gasteiger partial charge in [-0.1, -0.05) is 35.1 Å². The lowest BCUT2D eigenvalue weighted by Gasteiger charge is -2.31. The summed E-state index contributed by atoms with van der Waals surface area (Å²) >= 11 is 7.81. The lowest BCUT2D eigenvalue weighted by Crippen LogP contribution is -2.47. The topological polar surface area (TPSA) is 64.1 Å². The Balaban J connectivity index is 0.00000274. The summed E-state index contributed by atoms with van der Waals surface area (Å²) in [5, 5.41) is 1.33. The van der Waals surface area contributed by atoms with Crippen LogP contribution in [-0.2, 0) is 9.53 Å². The summed E-state index contributed by atoms with van der Waals surface area (Å²) < 4.78 is 18.3. The minimum atomic E-state index is -0.722. The molecule has 7 nitrogen and oxygen atoms in total. The molecule has 2 aliphatic heterocycles. The van der Waals surface area contributed by atoms with Gasteiger partial charge < -0.3 is 14.2 Å². The molecule has 3 heterocycles. The average molecular weight is 524 g/mol. The third-order valence-corrected chi connectivity index (χ3v) is 7.43. The molecule has 1 amide bonds. The number of aryl methyl sites for hydroxylation is 1. The van der Waals surface area contributed by atoms with Crippen molar-refractivity contribution in [2.45, 2.75) is 19.4 Å². The van der Waals surface area contributed by atoms with Crippen LogP contribution in [0.4, 0.5) is 5.13 Å². The van der Waals surface area contributed by atoms with Gasteiger partial charge in [-0.3, -0.25) is 14.6 Å². The first kappa shape index (κ1) is 25.0. The van der Waals surface area contributed by atoms with Crippen molar-refractivity contribution in [3.63, 3.8) is 0 Å². The lowest BCUT2D eigenvalue weighted by molar-refractivity contribution is -0.127. The number of nitrogens with zero attached hydrogens (tertiary/aromatic N) is 3. The molecule has 182 valence electrons. The Hall–Kier alpha value is -2.10. The number of amides is 1. The van der Waals surface area contributed by atoms with Gasteiger partial charge >= 0.3 is 0 Å². The highest BCUT2D eigenvalue weighted by Crippen LogP contribution is 2.35. The number of morpholine rings is 1. The molecule has 1 saturated heterocycles. The molecule has 10 heteroatoms. The number of carbonyl (C=O) groups excluding carboxylic acids is 1. The van der Waals surface area contributed by atoms with Crippen LogP contribution in [0.3, 0.4) is 0 Å². The van der Waals surface area contributed by atoms with E-state index in [0.29, 0.717) is 28.2 Å². The van der Waals surface area contributed by atoms with Crippen molar-refractivity contribution < 1.29 is 19.0 Å². The molecule has 5 rings (SSSR count). The summed E-state index contributed by atoms with van der Waals surface area (Å²) in [6, 6.07) is 11.3. The minimum Gasteiger partial charge on any atom is -0.485 e. The van der Waals surface area contributed by atoms with Crippen molar-refractivity contribution in [2.24, 2.45) is 0 Å². The Labute approximate surface area is 214 Å². The molecule has 3 aromatic rings. The van der Waals surface area contributed by atoms with E-state index in [2.05, 4.69) is 4.90 Å². The normalized spacial score (nSPS) is 17.9. The van der Waals surface area contributed by atoms with Crippen LogP contribution >= 0.6 is 35.3 Å². The molecule has 1 unspecified atom stereocenters. The van der Waals surface area contributed by atoms with Crippen LogP contribution in [0.15, 0.2) is 36.4 Å². The predicted octanol–water partition coefficient (Wildman–Crippen LogP) is 4.58. The van der Waals surface area contributed by atoms with Crippen LogP contribution < -0.4 is 14.4 Å². The van der Waals surface area contributed by atoms with Crippen molar-refractivity contribution in [3.8, 4) is 11.5 Å². The van der Waals surface area contributed by atoms with Crippen LogP contribution in [0, 0.1) is 6.92 Å². The van der Waals surface area contributed by atoms with E-state index in [1.165, 1.54) is 11.3 Å². The van der Waals surface area contributed by atoms with E-state index in [1.54, 1.807) is 4.90 Å². The number of halogens is 2. The highest BCUT2D eigenvalue weighted by atomic mass is 35.5. The standard InChI is InChI=1S/C24H26ClN3O4S.ClH/c1-16-17(25)7-8-21-22(16)26-24(33-21)28(10-4-9-27-11-13-30-14-12-27)23(29)20-15-31-18-5-2-3-6-19(18)32-20;/h2-3,5-8,20H,4,9-15H2,1H3;1H.